The van der Waals surface area contributed by atoms with Gasteiger partial charge in [0.2, 0.25) is 0 Å². The number of hydrogen-bond acceptors (Lipinski definition) is 2. The minimum absolute atomic E-state index is 0.368. The van der Waals surface area contributed by atoms with Crippen molar-refractivity contribution in [1.82, 2.24) is 0 Å². The Bertz CT molecular complexity index is 325. The van der Waals surface area contributed by atoms with Gasteiger partial charge in [-0.25, -0.2) is 0 Å². The summed E-state index contributed by atoms with van der Waals surface area (Å²) in [5.74, 6) is -0.368. The third kappa shape index (κ3) is 4.13. The van der Waals surface area contributed by atoms with Crippen molar-refractivity contribution in [2.75, 3.05) is 5.75 Å². The van der Waals surface area contributed by atoms with E-state index in [1.54, 1.807) is 18.2 Å². The summed E-state index contributed by atoms with van der Waals surface area (Å²) in [5.41, 5.74) is 0.987. The normalized spacial score (nSPS) is 13.9. The van der Waals surface area contributed by atoms with Gasteiger partial charge in [-0.3, -0.25) is 0 Å². The van der Waals surface area contributed by atoms with Gasteiger partial charge in [0.15, 0.2) is 6.10 Å². The van der Waals surface area contributed by atoms with Crippen molar-refractivity contribution in [3.05, 3.63) is 29.8 Å². The van der Waals surface area contributed by atoms with Crippen molar-refractivity contribution in [2.45, 2.75) is 24.1 Å². The molecule has 1 aromatic carbocycles. The molecule has 0 bridgehead atoms. The van der Waals surface area contributed by atoms with Gasteiger partial charge in [0.25, 0.3) is 0 Å². The van der Waals surface area contributed by atoms with Crippen LogP contribution in [0, 0.1) is 6.92 Å². The third-order valence-electron chi connectivity index (χ3n) is 1.78. The molecule has 0 aliphatic heterocycles. The maximum absolute atomic E-state index is 12.0. The van der Waals surface area contributed by atoms with E-state index in [0.717, 1.165) is 22.2 Å². The first-order valence-electron chi connectivity index (χ1n) is 4.34. The maximum Gasteiger partial charge on any atom is 0.415 e. The standard InChI is InChI=1S/C10H11F3OS/c1-7-3-2-4-8(5-7)15-6-9(14)10(11,12)13/h2-5,9,14H,6H2,1H3. The molecule has 5 heteroatoms. The molecule has 1 atom stereocenters. The van der Waals surface area contributed by atoms with E-state index in [1.807, 2.05) is 13.0 Å². The fraction of sp³-hybridized carbons (Fsp3) is 0.400. The lowest BCUT2D eigenvalue weighted by atomic mass is 10.2. The van der Waals surface area contributed by atoms with Crippen LogP contribution in [0.15, 0.2) is 29.2 Å². The van der Waals surface area contributed by atoms with Crippen LogP contribution in [0.5, 0.6) is 0 Å². The molecule has 1 nitrogen and oxygen atoms in total. The lowest BCUT2D eigenvalue weighted by Gasteiger charge is -2.13. The SMILES string of the molecule is Cc1cccc(SCC(O)C(F)(F)F)c1. The maximum atomic E-state index is 12.0. The molecule has 0 saturated heterocycles. The highest BCUT2D eigenvalue weighted by Crippen LogP contribution is 2.26. The third-order valence-corrected chi connectivity index (χ3v) is 2.84. The molecule has 0 aliphatic carbocycles. The molecule has 0 saturated carbocycles. The Morgan fingerprint density at radius 2 is 2.07 bits per heavy atom. The highest BCUT2D eigenvalue weighted by atomic mass is 32.2. The van der Waals surface area contributed by atoms with E-state index in [1.165, 1.54) is 0 Å². The average molecular weight is 236 g/mol. The molecular formula is C10H11F3OS. The second-order valence-electron chi connectivity index (χ2n) is 3.18. The Morgan fingerprint density at radius 3 is 2.60 bits per heavy atom. The van der Waals surface area contributed by atoms with Gasteiger partial charge in [0, 0.05) is 10.6 Å². The Kier molecular flexibility index (Phi) is 4.04. The van der Waals surface area contributed by atoms with Crippen LogP contribution in [0.3, 0.4) is 0 Å². The van der Waals surface area contributed by atoms with Gasteiger partial charge in [-0.2, -0.15) is 13.2 Å². The highest BCUT2D eigenvalue weighted by molar-refractivity contribution is 7.99. The molecule has 15 heavy (non-hydrogen) atoms. The predicted molar refractivity (Wildman–Crippen MR) is 54.0 cm³/mol. The van der Waals surface area contributed by atoms with E-state index >= 15 is 0 Å². The Balaban J connectivity index is 2.51. The van der Waals surface area contributed by atoms with E-state index in [9.17, 15) is 13.2 Å². The fourth-order valence-corrected chi connectivity index (χ4v) is 1.96. The molecule has 0 aromatic heterocycles. The summed E-state index contributed by atoms with van der Waals surface area (Å²) in [5, 5.41) is 8.77. The molecule has 0 heterocycles. The first-order chi connectivity index (χ1) is 6.89. The van der Waals surface area contributed by atoms with Crippen LogP contribution in [0.1, 0.15) is 5.56 Å². The number of aryl methyl sites for hydroxylation is 1. The largest absolute Gasteiger partial charge is 0.415 e. The van der Waals surface area contributed by atoms with Crippen molar-refractivity contribution in [2.24, 2.45) is 0 Å². The first-order valence-corrected chi connectivity index (χ1v) is 5.32. The monoisotopic (exact) mass is 236 g/mol. The Labute approximate surface area is 90.3 Å². The lowest BCUT2D eigenvalue weighted by molar-refractivity contribution is -0.195. The minimum Gasteiger partial charge on any atom is -0.383 e. The van der Waals surface area contributed by atoms with Gasteiger partial charge < -0.3 is 5.11 Å². The fourth-order valence-electron chi connectivity index (χ4n) is 0.975. The summed E-state index contributed by atoms with van der Waals surface area (Å²) < 4.78 is 35.9. The average Bonchev–Trinajstić information content (AvgIpc) is 2.12. The number of halogens is 3. The molecule has 0 aliphatic rings. The highest BCUT2D eigenvalue weighted by Gasteiger charge is 2.37. The van der Waals surface area contributed by atoms with Crippen LogP contribution in [0.2, 0.25) is 0 Å². The summed E-state index contributed by atoms with van der Waals surface area (Å²) in [6.07, 6.45) is -6.79. The van der Waals surface area contributed by atoms with E-state index in [-0.39, 0.29) is 5.75 Å². The van der Waals surface area contributed by atoms with E-state index in [2.05, 4.69) is 0 Å². The van der Waals surface area contributed by atoms with E-state index in [4.69, 9.17) is 5.11 Å². The number of benzene rings is 1. The van der Waals surface area contributed by atoms with Crippen LogP contribution in [-0.4, -0.2) is 23.1 Å². The number of alkyl halides is 3. The quantitative estimate of drug-likeness (QED) is 0.814. The van der Waals surface area contributed by atoms with Crippen LogP contribution < -0.4 is 0 Å². The molecule has 0 radical (unpaired) electrons. The minimum atomic E-state index is -4.53. The molecular weight excluding hydrogens is 225 g/mol. The van der Waals surface area contributed by atoms with Crippen LogP contribution in [0.25, 0.3) is 0 Å². The van der Waals surface area contributed by atoms with Gasteiger partial charge in [0.1, 0.15) is 0 Å². The lowest BCUT2D eigenvalue weighted by Crippen LogP contribution is -2.30. The van der Waals surface area contributed by atoms with Crippen molar-refractivity contribution in [3.63, 3.8) is 0 Å². The summed E-state index contributed by atoms with van der Waals surface area (Å²) in [7, 11) is 0. The van der Waals surface area contributed by atoms with Gasteiger partial charge in [-0.1, -0.05) is 17.7 Å². The zero-order chi connectivity index (χ0) is 11.5. The first kappa shape index (κ1) is 12.4. The zero-order valence-corrected chi connectivity index (χ0v) is 8.90. The van der Waals surface area contributed by atoms with Crippen molar-refractivity contribution in [1.29, 1.82) is 0 Å². The number of thioether (sulfide) groups is 1. The smallest absolute Gasteiger partial charge is 0.383 e. The van der Waals surface area contributed by atoms with Crippen LogP contribution in [0.4, 0.5) is 13.2 Å². The van der Waals surface area contributed by atoms with E-state index in [0.29, 0.717) is 0 Å². The predicted octanol–water partition coefficient (Wildman–Crippen LogP) is 3.01. The Hall–Kier alpha value is -0.680. The molecule has 1 rings (SSSR count). The molecule has 0 amide bonds. The number of rotatable bonds is 3. The number of aliphatic hydroxyl groups excluding tert-OH is 1. The van der Waals surface area contributed by atoms with Crippen molar-refractivity contribution < 1.29 is 18.3 Å². The zero-order valence-electron chi connectivity index (χ0n) is 8.08. The molecule has 84 valence electrons. The summed E-state index contributed by atoms with van der Waals surface area (Å²) in [6, 6.07) is 7.15. The molecule has 0 fully saturated rings. The second kappa shape index (κ2) is 4.90. The van der Waals surface area contributed by atoms with Gasteiger partial charge >= 0.3 is 6.18 Å². The topological polar surface area (TPSA) is 20.2 Å². The van der Waals surface area contributed by atoms with Crippen LogP contribution in [-0.2, 0) is 0 Å². The van der Waals surface area contributed by atoms with Crippen molar-refractivity contribution in [3.8, 4) is 0 Å². The van der Waals surface area contributed by atoms with Gasteiger partial charge in [-0.15, -0.1) is 11.8 Å². The van der Waals surface area contributed by atoms with Crippen molar-refractivity contribution >= 4 is 11.8 Å². The molecule has 1 unspecified atom stereocenters. The summed E-state index contributed by atoms with van der Waals surface area (Å²) >= 11 is 1.000. The van der Waals surface area contributed by atoms with Crippen LogP contribution >= 0.6 is 11.8 Å². The van der Waals surface area contributed by atoms with E-state index < -0.39 is 12.3 Å². The second-order valence-corrected chi connectivity index (χ2v) is 4.28. The molecule has 1 aromatic rings. The van der Waals surface area contributed by atoms with Gasteiger partial charge in [0.05, 0.1) is 0 Å². The number of aliphatic hydroxyl groups is 1. The molecule has 1 N–H and O–H groups in total. The van der Waals surface area contributed by atoms with Gasteiger partial charge in [-0.05, 0) is 19.1 Å². The summed E-state index contributed by atoms with van der Waals surface area (Å²) in [6.45, 7) is 1.87. The molecule has 0 spiro atoms. The summed E-state index contributed by atoms with van der Waals surface area (Å²) in [4.78, 5) is 0.735. The number of hydrogen-bond donors (Lipinski definition) is 1. The Morgan fingerprint density at radius 1 is 1.40 bits per heavy atom.